The summed E-state index contributed by atoms with van der Waals surface area (Å²) < 4.78 is 5.34. The Labute approximate surface area is 162 Å². The van der Waals surface area contributed by atoms with Crippen molar-refractivity contribution in [1.29, 1.82) is 0 Å². The second kappa shape index (κ2) is 8.19. The number of halogens is 1. The molecule has 1 heterocycles. The summed E-state index contributed by atoms with van der Waals surface area (Å²) in [6, 6.07) is 3.74. The molecule has 1 aliphatic rings. The van der Waals surface area contributed by atoms with E-state index in [0.29, 0.717) is 31.1 Å². The maximum atomic E-state index is 12.8. The van der Waals surface area contributed by atoms with E-state index in [0.717, 1.165) is 24.2 Å². The number of rotatable bonds is 3. The number of aromatic hydroxyl groups is 1. The van der Waals surface area contributed by atoms with Crippen molar-refractivity contribution in [1.82, 2.24) is 4.90 Å². The summed E-state index contributed by atoms with van der Waals surface area (Å²) in [5.74, 6) is 0.422. The Bertz CT molecular complexity index is 573. The zero-order valence-corrected chi connectivity index (χ0v) is 18.0. The van der Waals surface area contributed by atoms with Crippen LogP contribution in [0.4, 0.5) is 0 Å². The molecule has 142 valence electrons. The van der Waals surface area contributed by atoms with Crippen LogP contribution in [0.2, 0.25) is 0 Å². The fourth-order valence-electron chi connectivity index (χ4n) is 2.99. The standard InChI is InChI=1S/C20H31NO3.BrH/c1-19(2,3)15-11-14(12-16(18(15)23)20(4,5)6)17(22)13-21-7-9-24-10-8-21;/h11-12,23H,7-10,13H2,1-6H3;1H. The molecule has 0 aromatic heterocycles. The summed E-state index contributed by atoms with van der Waals surface area (Å²) in [6.07, 6.45) is 0. The number of ether oxygens (including phenoxy) is 1. The van der Waals surface area contributed by atoms with Gasteiger partial charge < -0.3 is 9.84 Å². The maximum absolute atomic E-state index is 12.8. The molecule has 5 heteroatoms. The van der Waals surface area contributed by atoms with Crippen LogP contribution in [0.3, 0.4) is 0 Å². The number of Topliss-reactive ketones (excluding diaryl/α,β-unsaturated/α-hetero) is 1. The highest BCUT2D eigenvalue weighted by atomic mass is 79.9. The first-order valence-electron chi connectivity index (χ1n) is 8.71. The monoisotopic (exact) mass is 413 g/mol. The number of benzene rings is 1. The fourth-order valence-corrected chi connectivity index (χ4v) is 2.99. The lowest BCUT2D eigenvalue weighted by molar-refractivity contribution is 0.0371. The molecule has 1 aromatic rings. The van der Waals surface area contributed by atoms with Crippen molar-refractivity contribution in [2.75, 3.05) is 32.8 Å². The van der Waals surface area contributed by atoms with Crippen molar-refractivity contribution in [2.45, 2.75) is 52.4 Å². The van der Waals surface area contributed by atoms with E-state index in [2.05, 4.69) is 46.4 Å². The van der Waals surface area contributed by atoms with Crippen LogP contribution in [0.15, 0.2) is 12.1 Å². The largest absolute Gasteiger partial charge is 0.507 e. The van der Waals surface area contributed by atoms with Gasteiger partial charge in [0.1, 0.15) is 5.75 Å². The van der Waals surface area contributed by atoms with Gasteiger partial charge in [0, 0.05) is 29.8 Å². The second-order valence-electron chi connectivity index (χ2n) is 8.73. The van der Waals surface area contributed by atoms with Gasteiger partial charge in [-0.2, -0.15) is 0 Å². The first-order chi connectivity index (χ1) is 11.0. The van der Waals surface area contributed by atoms with E-state index in [1.54, 1.807) is 0 Å². The molecule has 1 aromatic carbocycles. The molecule has 1 fully saturated rings. The zero-order chi connectivity index (χ0) is 18.1. The lowest BCUT2D eigenvalue weighted by Crippen LogP contribution is -2.39. The van der Waals surface area contributed by atoms with Gasteiger partial charge in [-0.1, -0.05) is 41.5 Å². The van der Waals surface area contributed by atoms with Crippen LogP contribution in [0.5, 0.6) is 5.75 Å². The first kappa shape index (κ1) is 22.1. The normalized spacial score (nSPS) is 16.4. The summed E-state index contributed by atoms with van der Waals surface area (Å²) in [7, 11) is 0. The third-order valence-electron chi connectivity index (χ3n) is 4.52. The molecule has 1 N–H and O–H groups in total. The Morgan fingerprint density at radius 1 is 1.04 bits per heavy atom. The van der Waals surface area contributed by atoms with E-state index in [1.807, 2.05) is 12.1 Å². The Morgan fingerprint density at radius 3 is 1.88 bits per heavy atom. The predicted octanol–water partition coefficient (Wildman–Crippen LogP) is 4.08. The molecule has 0 radical (unpaired) electrons. The van der Waals surface area contributed by atoms with Gasteiger partial charge in [0.25, 0.3) is 0 Å². The summed E-state index contributed by atoms with van der Waals surface area (Å²) in [6.45, 7) is 15.7. The predicted molar refractivity (Wildman–Crippen MR) is 107 cm³/mol. The quantitative estimate of drug-likeness (QED) is 0.758. The van der Waals surface area contributed by atoms with Gasteiger partial charge in [-0.25, -0.2) is 0 Å². The molecule has 0 spiro atoms. The minimum Gasteiger partial charge on any atom is -0.507 e. The molecule has 1 saturated heterocycles. The van der Waals surface area contributed by atoms with E-state index in [1.165, 1.54) is 0 Å². The second-order valence-corrected chi connectivity index (χ2v) is 8.73. The molecule has 0 aliphatic carbocycles. The highest BCUT2D eigenvalue weighted by Crippen LogP contribution is 2.39. The average molecular weight is 414 g/mol. The molecule has 0 atom stereocenters. The van der Waals surface area contributed by atoms with E-state index in [9.17, 15) is 9.90 Å². The lowest BCUT2D eigenvalue weighted by atomic mass is 9.78. The maximum Gasteiger partial charge on any atom is 0.176 e. The number of nitrogens with zero attached hydrogens (tertiary/aromatic N) is 1. The Hall–Kier alpha value is -0.910. The van der Waals surface area contributed by atoms with Crippen molar-refractivity contribution < 1.29 is 14.6 Å². The smallest absolute Gasteiger partial charge is 0.176 e. The van der Waals surface area contributed by atoms with E-state index < -0.39 is 0 Å². The SMILES string of the molecule is Br.CC(C)(C)c1cc(C(=O)CN2CCOCC2)cc(C(C)(C)C)c1O. The van der Waals surface area contributed by atoms with Crippen molar-refractivity contribution in [3.63, 3.8) is 0 Å². The van der Waals surface area contributed by atoms with Crippen LogP contribution < -0.4 is 0 Å². The summed E-state index contributed by atoms with van der Waals surface area (Å²) in [5.41, 5.74) is 1.91. The number of hydrogen-bond donors (Lipinski definition) is 1. The minimum atomic E-state index is -0.223. The van der Waals surface area contributed by atoms with E-state index in [-0.39, 0.29) is 33.6 Å². The van der Waals surface area contributed by atoms with Gasteiger partial charge in [-0.15, -0.1) is 17.0 Å². The Kier molecular flexibility index (Phi) is 7.25. The molecular weight excluding hydrogens is 382 g/mol. The van der Waals surface area contributed by atoms with Gasteiger partial charge in [0.15, 0.2) is 5.78 Å². The lowest BCUT2D eigenvalue weighted by Gasteiger charge is -2.29. The van der Waals surface area contributed by atoms with Crippen LogP contribution in [0.25, 0.3) is 0 Å². The molecule has 0 unspecified atom stereocenters. The molecule has 0 saturated carbocycles. The molecular formula is C20H32BrNO3. The molecule has 0 amide bonds. The van der Waals surface area contributed by atoms with Gasteiger partial charge in [-0.3, -0.25) is 9.69 Å². The highest BCUT2D eigenvalue weighted by Gasteiger charge is 2.28. The topological polar surface area (TPSA) is 49.8 Å². The van der Waals surface area contributed by atoms with Crippen LogP contribution in [0.1, 0.15) is 63.0 Å². The summed E-state index contributed by atoms with van der Waals surface area (Å²) >= 11 is 0. The molecule has 0 bridgehead atoms. The number of morpholine rings is 1. The van der Waals surface area contributed by atoms with Gasteiger partial charge in [-0.05, 0) is 23.0 Å². The van der Waals surface area contributed by atoms with Crippen molar-refractivity contribution >= 4 is 22.8 Å². The third-order valence-corrected chi connectivity index (χ3v) is 4.52. The highest BCUT2D eigenvalue weighted by molar-refractivity contribution is 8.93. The van der Waals surface area contributed by atoms with Crippen LogP contribution in [-0.2, 0) is 15.6 Å². The Balaban J connectivity index is 0.00000312. The third kappa shape index (κ3) is 5.53. The number of phenols is 1. The van der Waals surface area contributed by atoms with Crippen molar-refractivity contribution in [2.24, 2.45) is 0 Å². The number of hydrogen-bond acceptors (Lipinski definition) is 4. The Morgan fingerprint density at radius 2 is 1.48 bits per heavy atom. The number of phenolic OH excluding ortho intramolecular Hbond substituents is 1. The number of ketones is 1. The van der Waals surface area contributed by atoms with Crippen LogP contribution in [-0.4, -0.2) is 48.6 Å². The van der Waals surface area contributed by atoms with Gasteiger partial charge in [0.2, 0.25) is 0 Å². The summed E-state index contributed by atoms with van der Waals surface area (Å²) in [4.78, 5) is 14.9. The van der Waals surface area contributed by atoms with E-state index >= 15 is 0 Å². The zero-order valence-electron chi connectivity index (χ0n) is 16.3. The number of carbonyl (C=O) groups excluding carboxylic acids is 1. The summed E-state index contributed by atoms with van der Waals surface area (Å²) in [5, 5.41) is 10.7. The van der Waals surface area contributed by atoms with Crippen molar-refractivity contribution in [3.05, 3.63) is 28.8 Å². The van der Waals surface area contributed by atoms with Gasteiger partial charge >= 0.3 is 0 Å². The average Bonchev–Trinajstić information content (AvgIpc) is 2.46. The molecule has 2 rings (SSSR count). The molecule has 1 aliphatic heterocycles. The molecule has 4 nitrogen and oxygen atoms in total. The number of carbonyl (C=O) groups is 1. The van der Waals surface area contributed by atoms with E-state index in [4.69, 9.17) is 4.74 Å². The first-order valence-corrected chi connectivity index (χ1v) is 8.71. The molecule has 25 heavy (non-hydrogen) atoms. The minimum absolute atomic E-state index is 0. The van der Waals surface area contributed by atoms with Crippen molar-refractivity contribution in [3.8, 4) is 5.75 Å². The van der Waals surface area contributed by atoms with Gasteiger partial charge in [0.05, 0.1) is 19.8 Å². The fraction of sp³-hybridized carbons (Fsp3) is 0.650. The van der Waals surface area contributed by atoms with Crippen LogP contribution in [0, 0.1) is 0 Å². The van der Waals surface area contributed by atoms with Crippen LogP contribution >= 0.6 is 17.0 Å².